The second-order valence-corrected chi connectivity index (χ2v) is 3.87. The molecule has 0 spiro atoms. The molecule has 1 aromatic heterocycles. The van der Waals surface area contributed by atoms with Crippen LogP contribution in [0.15, 0.2) is 30.6 Å². The van der Waals surface area contributed by atoms with Crippen LogP contribution in [0.2, 0.25) is 0 Å². The van der Waals surface area contributed by atoms with E-state index in [0.717, 1.165) is 0 Å². The van der Waals surface area contributed by atoms with Crippen LogP contribution in [0.4, 0.5) is 4.39 Å². The highest BCUT2D eigenvalue weighted by Gasteiger charge is 2.11. The number of ether oxygens (including phenoxy) is 1. The molecule has 0 saturated heterocycles. The Morgan fingerprint density at radius 3 is 2.95 bits per heavy atom. The van der Waals surface area contributed by atoms with Gasteiger partial charge in [0.1, 0.15) is 5.82 Å². The Morgan fingerprint density at radius 1 is 1.47 bits per heavy atom. The van der Waals surface area contributed by atoms with Gasteiger partial charge in [-0.1, -0.05) is 0 Å². The molecule has 0 aliphatic rings. The molecular weight excluding hydrogens is 251 g/mol. The van der Waals surface area contributed by atoms with E-state index in [4.69, 9.17) is 9.84 Å². The van der Waals surface area contributed by atoms with Gasteiger partial charge in [0.2, 0.25) is 0 Å². The molecule has 2 aromatic rings. The Hall–Kier alpha value is -2.21. The lowest BCUT2D eigenvalue weighted by Crippen LogP contribution is -2.03. The number of carbonyl (C=O) groups is 1. The average Bonchev–Trinajstić information content (AvgIpc) is 2.88. The zero-order valence-corrected chi connectivity index (χ0v) is 10.3. The Labute approximate surface area is 109 Å². The fourth-order valence-electron chi connectivity index (χ4n) is 1.64. The first kappa shape index (κ1) is 13.2. The predicted molar refractivity (Wildman–Crippen MR) is 65.4 cm³/mol. The fraction of sp³-hybridized carbons (Fsp3) is 0.231. The molecule has 0 aliphatic heterocycles. The number of benzene rings is 1. The lowest BCUT2D eigenvalue weighted by atomic mass is 10.2. The molecule has 0 radical (unpaired) electrons. The molecule has 100 valence electrons. The molecule has 1 heterocycles. The summed E-state index contributed by atoms with van der Waals surface area (Å²) in [6, 6.07) is 4.09. The minimum Gasteiger partial charge on any atom is -0.462 e. The molecular formula is C13H13FN2O3. The zero-order chi connectivity index (χ0) is 13.8. The molecule has 0 bridgehead atoms. The van der Waals surface area contributed by atoms with E-state index in [2.05, 4.69) is 5.10 Å². The van der Waals surface area contributed by atoms with Crippen molar-refractivity contribution >= 4 is 5.97 Å². The summed E-state index contributed by atoms with van der Waals surface area (Å²) >= 11 is 0. The third kappa shape index (κ3) is 2.97. The summed E-state index contributed by atoms with van der Waals surface area (Å²) in [5.74, 6) is -0.956. The number of carbonyl (C=O) groups excluding carboxylic acids is 1. The van der Waals surface area contributed by atoms with Crippen LogP contribution >= 0.6 is 0 Å². The lowest BCUT2D eigenvalue weighted by Gasteiger charge is -2.04. The lowest BCUT2D eigenvalue weighted by molar-refractivity contribution is 0.0526. The van der Waals surface area contributed by atoms with Crippen molar-refractivity contribution in [2.24, 2.45) is 0 Å². The van der Waals surface area contributed by atoms with Gasteiger partial charge in [0.15, 0.2) is 0 Å². The number of nitrogens with zero attached hydrogens (tertiary/aromatic N) is 2. The molecule has 1 aromatic carbocycles. The summed E-state index contributed by atoms with van der Waals surface area (Å²) in [5.41, 5.74) is 1.15. The van der Waals surface area contributed by atoms with E-state index in [-0.39, 0.29) is 18.8 Å². The summed E-state index contributed by atoms with van der Waals surface area (Å²) < 4.78 is 19.5. The van der Waals surface area contributed by atoms with Gasteiger partial charge in [-0.05, 0) is 30.7 Å². The minimum absolute atomic E-state index is 0.267. The van der Waals surface area contributed by atoms with Gasteiger partial charge in [0, 0.05) is 6.20 Å². The standard InChI is InChI=1S/C13H13FN2O3/c1-2-19-13(18)10-6-15-16(7-10)12-4-9(8-17)3-11(14)5-12/h3-7,17H,2,8H2,1H3. The summed E-state index contributed by atoms with van der Waals surface area (Å²) in [6.07, 6.45) is 2.80. The van der Waals surface area contributed by atoms with Crippen molar-refractivity contribution < 1.29 is 19.0 Å². The molecule has 0 fully saturated rings. The Bertz CT molecular complexity index is 595. The molecule has 19 heavy (non-hydrogen) atoms. The zero-order valence-electron chi connectivity index (χ0n) is 10.3. The smallest absolute Gasteiger partial charge is 0.341 e. The third-order valence-electron chi connectivity index (χ3n) is 2.48. The van der Waals surface area contributed by atoms with Gasteiger partial charge < -0.3 is 9.84 Å². The van der Waals surface area contributed by atoms with E-state index in [0.29, 0.717) is 11.3 Å². The Kier molecular flexibility index (Phi) is 3.91. The largest absolute Gasteiger partial charge is 0.462 e. The number of hydrogen-bond donors (Lipinski definition) is 1. The number of aromatic nitrogens is 2. The van der Waals surface area contributed by atoms with Crippen LogP contribution in [0.1, 0.15) is 22.8 Å². The summed E-state index contributed by atoms with van der Waals surface area (Å²) in [5, 5.41) is 13.0. The van der Waals surface area contributed by atoms with Gasteiger partial charge in [-0.15, -0.1) is 0 Å². The van der Waals surface area contributed by atoms with E-state index in [1.54, 1.807) is 13.0 Å². The van der Waals surface area contributed by atoms with Crippen molar-refractivity contribution in [1.82, 2.24) is 9.78 Å². The first-order valence-electron chi connectivity index (χ1n) is 5.76. The van der Waals surface area contributed by atoms with E-state index >= 15 is 0 Å². The quantitative estimate of drug-likeness (QED) is 0.853. The topological polar surface area (TPSA) is 64.3 Å². The highest BCUT2D eigenvalue weighted by molar-refractivity contribution is 5.88. The van der Waals surface area contributed by atoms with E-state index < -0.39 is 11.8 Å². The number of esters is 1. The van der Waals surface area contributed by atoms with Crippen LogP contribution in [0, 0.1) is 5.82 Å². The van der Waals surface area contributed by atoms with Crippen molar-refractivity contribution in [3.63, 3.8) is 0 Å². The average molecular weight is 264 g/mol. The molecule has 0 saturated carbocycles. The van der Waals surface area contributed by atoms with E-state index in [9.17, 15) is 9.18 Å². The molecule has 2 rings (SSSR count). The van der Waals surface area contributed by atoms with E-state index in [1.807, 2.05) is 0 Å². The van der Waals surface area contributed by atoms with Gasteiger partial charge in [-0.2, -0.15) is 5.10 Å². The molecule has 0 unspecified atom stereocenters. The Morgan fingerprint density at radius 2 is 2.26 bits per heavy atom. The second-order valence-electron chi connectivity index (χ2n) is 3.87. The van der Waals surface area contributed by atoms with Crippen molar-refractivity contribution in [3.8, 4) is 5.69 Å². The number of aliphatic hydroxyl groups is 1. The van der Waals surface area contributed by atoms with Gasteiger partial charge in [-0.25, -0.2) is 13.9 Å². The fourth-order valence-corrected chi connectivity index (χ4v) is 1.64. The highest BCUT2D eigenvalue weighted by atomic mass is 19.1. The van der Waals surface area contributed by atoms with Crippen LogP contribution < -0.4 is 0 Å². The van der Waals surface area contributed by atoms with Gasteiger partial charge in [0.05, 0.1) is 30.7 Å². The molecule has 5 nitrogen and oxygen atoms in total. The van der Waals surface area contributed by atoms with Gasteiger partial charge in [0.25, 0.3) is 0 Å². The number of hydrogen-bond acceptors (Lipinski definition) is 4. The van der Waals surface area contributed by atoms with Crippen molar-refractivity contribution in [1.29, 1.82) is 0 Å². The van der Waals surface area contributed by atoms with Gasteiger partial charge in [-0.3, -0.25) is 0 Å². The third-order valence-corrected chi connectivity index (χ3v) is 2.48. The van der Waals surface area contributed by atoms with Crippen molar-refractivity contribution in [2.75, 3.05) is 6.61 Å². The maximum absolute atomic E-state index is 13.3. The van der Waals surface area contributed by atoms with Crippen LogP contribution in [0.25, 0.3) is 5.69 Å². The number of rotatable bonds is 4. The molecule has 0 amide bonds. The number of halogens is 1. The molecule has 0 atom stereocenters. The maximum Gasteiger partial charge on any atom is 0.341 e. The number of aliphatic hydroxyl groups excluding tert-OH is 1. The predicted octanol–water partition coefficient (Wildman–Crippen LogP) is 1.68. The highest BCUT2D eigenvalue weighted by Crippen LogP contribution is 2.14. The van der Waals surface area contributed by atoms with Crippen LogP contribution in [0.5, 0.6) is 0 Å². The molecule has 6 heteroatoms. The first-order valence-corrected chi connectivity index (χ1v) is 5.76. The summed E-state index contributed by atoms with van der Waals surface area (Å²) in [7, 11) is 0. The maximum atomic E-state index is 13.3. The second kappa shape index (κ2) is 5.62. The first-order chi connectivity index (χ1) is 9.13. The normalized spacial score (nSPS) is 10.5. The van der Waals surface area contributed by atoms with Gasteiger partial charge >= 0.3 is 5.97 Å². The Balaban J connectivity index is 2.32. The molecule has 0 aliphatic carbocycles. The summed E-state index contributed by atoms with van der Waals surface area (Å²) in [6.45, 7) is 1.72. The van der Waals surface area contributed by atoms with E-state index in [1.165, 1.54) is 29.2 Å². The SMILES string of the molecule is CCOC(=O)c1cnn(-c2cc(F)cc(CO)c2)c1. The van der Waals surface area contributed by atoms with Crippen molar-refractivity contribution in [2.45, 2.75) is 13.5 Å². The monoisotopic (exact) mass is 264 g/mol. The molecule has 1 N–H and O–H groups in total. The van der Waals surface area contributed by atoms with Crippen molar-refractivity contribution in [3.05, 3.63) is 47.5 Å². The van der Waals surface area contributed by atoms with Crippen LogP contribution in [-0.2, 0) is 11.3 Å². The summed E-state index contributed by atoms with van der Waals surface area (Å²) in [4.78, 5) is 11.5. The van der Waals surface area contributed by atoms with Crippen LogP contribution in [-0.4, -0.2) is 27.5 Å². The van der Waals surface area contributed by atoms with Crippen LogP contribution in [0.3, 0.4) is 0 Å². The minimum atomic E-state index is -0.479.